The minimum Gasteiger partial charge on any atom is -0.331 e. The zero-order chi connectivity index (χ0) is 12.0. The third-order valence-electron chi connectivity index (χ3n) is 3.35. The molecule has 5 heteroatoms. The Balaban J connectivity index is 2.13. The van der Waals surface area contributed by atoms with Crippen LogP contribution in [0.2, 0.25) is 0 Å². The molecule has 1 atom stereocenters. The maximum absolute atomic E-state index is 12.3. The molecule has 1 saturated carbocycles. The minimum atomic E-state index is 0.0619. The van der Waals surface area contributed by atoms with Crippen molar-refractivity contribution in [1.29, 1.82) is 0 Å². The van der Waals surface area contributed by atoms with E-state index < -0.39 is 0 Å². The molecule has 0 aliphatic heterocycles. The number of aromatic nitrogens is 2. The largest absolute Gasteiger partial charge is 0.331 e. The van der Waals surface area contributed by atoms with Gasteiger partial charge in [-0.05, 0) is 42.9 Å². The van der Waals surface area contributed by atoms with Crippen LogP contribution in [0.15, 0.2) is 16.2 Å². The van der Waals surface area contributed by atoms with Crippen LogP contribution in [0, 0.1) is 10.7 Å². The van der Waals surface area contributed by atoms with Crippen molar-refractivity contribution in [3.05, 3.63) is 26.6 Å². The van der Waals surface area contributed by atoms with Crippen molar-refractivity contribution in [2.24, 2.45) is 5.92 Å². The Morgan fingerprint density at radius 3 is 3.12 bits per heavy atom. The van der Waals surface area contributed by atoms with Gasteiger partial charge in [-0.1, -0.05) is 12.8 Å². The van der Waals surface area contributed by atoms with Gasteiger partial charge in [0.2, 0.25) is 0 Å². The Hall–Kier alpha value is -0.940. The molecular weight excluding hydrogens is 252 g/mol. The third kappa shape index (κ3) is 1.98. The highest BCUT2D eigenvalue weighted by Gasteiger charge is 2.25. The van der Waals surface area contributed by atoms with Gasteiger partial charge in [0.1, 0.15) is 4.70 Å². The molecule has 17 heavy (non-hydrogen) atoms. The van der Waals surface area contributed by atoms with Crippen LogP contribution in [0.25, 0.3) is 10.2 Å². The van der Waals surface area contributed by atoms with E-state index in [9.17, 15) is 4.79 Å². The second-order valence-corrected chi connectivity index (χ2v) is 6.10. The van der Waals surface area contributed by atoms with Crippen LogP contribution in [0.1, 0.15) is 32.2 Å². The summed E-state index contributed by atoms with van der Waals surface area (Å²) in [5, 5.41) is 1.92. The van der Waals surface area contributed by atoms with E-state index in [4.69, 9.17) is 12.2 Å². The first-order valence-electron chi connectivity index (χ1n) is 5.89. The number of rotatable bonds is 3. The fourth-order valence-electron chi connectivity index (χ4n) is 2.29. The molecule has 2 heterocycles. The number of thiophene rings is 1. The molecule has 0 saturated heterocycles. The molecule has 0 amide bonds. The van der Waals surface area contributed by atoms with Crippen LogP contribution in [0.3, 0.4) is 0 Å². The number of nitrogens with one attached hydrogen (secondary N) is 1. The summed E-state index contributed by atoms with van der Waals surface area (Å²) in [5.41, 5.74) is 0.923. The Morgan fingerprint density at radius 1 is 1.65 bits per heavy atom. The van der Waals surface area contributed by atoms with Crippen LogP contribution < -0.4 is 5.56 Å². The topological polar surface area (TPSA) is 37.8 Å². The van der Waals surface area contributed by atoms with E-state index in [-0.39, 0.29) is 11.6 Å². The van der Waals surface area contributed by atoms with Gasteiger partial charge in [-0.25, -0.2) is 0 Å². The normalized spacial score (nSPS) is 17.5. The second kappa shape index (κ2) is 4.07. The minimum absolute atomic E-state index is 0.0619. The Kier molecular flexibility index (Phi) is 2.67. The van der Waals surface area contributed by atoms with E-state index in [1.807, 2.05) is 11.4 Å². The van der Waals surface area contributed by atoms with Crippen LogP contribution in [0.4, 0.5) is 0 Å². The maximum Gasteiger partial charge on any atom is 0.272 e. The molecule has 2 aromatic heterocycles. The Morgan fingerprint density at radius 2 is 2.41 bits per heavy atom. The fraction of sp³-hybridized carbons (Fsp3) is 0.500. The zero-order valence-electron chi connectivity index (χ0n) is 9.60. The van der Waals surface area contributed by atoms with Crippen molar-refractivity contribution in [3.63, 3.8) is 0 Å². The summed E-state index contributed by atoms with van der Waals surface area (Å²) >= 11 is 6.77. The molecule has 1 aliphatic carbocycles. The molecular formula is C12H14N2OS2. The van der Waals surface area contributed by atoms with Crippen molar-refractivity contribution in [2.45, 2.75) is 32.2 Å². The summed E-state index contributed by atoms with van der Waals surface area (Å²) in [6.07, 6.45) is 3.67. The zero-order valence-corrected chi connectivity index (χ0v) is 11.2. The molecule has 1 unspecified atom stereocenters. The monoisotopic (exact) mass is 266 g/mol. The SMILES string of the molecule is CC(CC1CC1)n1c(=S)[nH]c2ccsc2c1=O. The molecule has 0 radical (unpaired) electrons. The van der Waals surface area contributed by atoms with Gasteiger partial charge >= 0.3 is 0 Å². The summed E-state index contributed by atoms with van der Waals surface area (Å²) < 4.78 is 3.07. The molecule has 0 spiro atoms. The first kappa shape index (κ1) is 11.2. The number of hydrogen-bond acceptors (Lipinski definition) is 3. The predicted molar refractivity (Wildman–Crippen MR) is 73.3 cm³/mol. The molecule has 3 rings (SSSR count). The first-order chi connectivity index (χ1) is 8.16. The summed E-state index contributed by atoms with van der Waals surface area (Å²) in [7, 11) is 0. The van der Waals surface area contributed by atoms with Gasteiger partial charge in [-0.2, -0.15) is 0 Å². The summed E-state index contributed by atoms with van der Waals surface area (Å²) in [5.74, 6) is 0.797. The van der Waals surface area contributed by atoms with E-state index in [2.05, 4.69) is 11.9 Å². The third-order valence-corrected chi connectivity index (χ3v) is 4.55. The smallest absolute Gasteiger partial charge is 0.272 e. The number of nitrogens with zero attached hydrogens (tertiary/aromatic N) is 1. The molecule has 1 N–H and O–H groups in total. The highest BCUT2D eigenvalue weighted by molar-refractivity contribution is 7.71. The standard InChI is InChI=1S/C12H14N2OS2/c1-7(6-8-2-3-8)14-11(15)10-9(4-5-17-10)13-12(14)16/h4-5,7-8H,2-3,6H2,1H3,(H,13,16). The van der Waals surface area contributed by atoms with Crippen molar-refractivity contribution in [1.82, 2.24) is 9.55 Å². The molecule has 1 aliphatic rings. The van der Waals surface area contributed by atoms with E-state index in [1.165, 1.54) is 24.2 Å². The summed E-state index contributed by atoms with van der Waals surface area (Å²) in [6.45, 7) is 2.09. The van der Waals surface area contributed by atoms with E-state index in [0.29, 0.717) is 4.77 Å². The fourth-order valence-corrected chi connectivity index (χ4v) is 3.45. The average molecular weight is 266 g/mol. The quantitative estimate of drug-likeness (QED) is 0.864. The van der Waals surface area contributed by atoms with Gasteiger partial charge in [0.15, 0.2) is 4.77 Å². The highest BCUT2D eigenvalue weighted by atomic mass is 32.1. The molecule has 90 valence electrons. The van der Waals surface area contributed by atoms with Crippen LogP contribution in [-0.2, 0) is 0 Å². The van der Waals surface area contributed by atoms with E-state index in [1.54, 1.807) is 4.57 Å². The number of H-pyrrole nitrogens is 1. The van der Waals surface area contributed by atoms with Gasteiger partial charge in [-0.15, -0.1) is 11.3 Å². The lowest BCUT2D eigenvalue weighted by Gasteiger charge is -2.14. The van der Waals surface area contributed by atoms with E-state index >= 15 is 0 Å². The lowest BCUT2D eigenvalue weighted by molar-refractivity contribution is 0.457. The predicted octanol–water partition coefficient (Wildman–Crippen LogP) is 3.48. The van der Waals surface area contributed by atoms with Gasteiger partial charge < -0.3 is 4.98 Å². The highest BCUT2D eigenvalue weighted by Crippen LogP contribution is 2.36. The molecule has 1 fully saturated rings. The van der Waals surface area contributed by atoms with Gasteiger partial charge in [0.25, 0.3) is 5.56 Å². The number of hydrogen-bond donors (Lipinski definition) is 1. The molecule has 0 bridgehead atoms. The van der Waals surface area contributed by atoms with Crippen molar-refractivity contribution >= 4 is 33.8 Å². The molecule has 2 aromatic rings. The van der Waals surface area contributed by atoms with Gasteiger partial charge in [-0.3, -0.25) is 9.36 Å². The van der Waals surface area contributed by atoms with Gasteiger partial charge in [0.05, 0.1) is 5.52 Å². The summed E-state index contributed by atoms with van der Waals surface area (Å²) in [4.78, 5) is 15.5. The lowest BCUT2D eigenvalue weighted by atomic mass is 10.1. The number of aromatic amines is 1. The van der Waals surface area contributed by atoms with Crippen LogP contribution in [0.5, 0.6) is 0 Å². The second-order valence-electron chi connectivity index (χ2n) is 4.80. The first-order valence-corrected chi connectivity index (χ1v) is 7.17. The van der Waals surface area contributed by atoms with Crippen molar-refractivity contribution in [2.75, 3.05) is 0 Å². The van der Waals surface area contributed by atoms with Crippen LogP contribution >= 0.6 is 23.6 Å². The van der Waals surface area contributed by atoms with Crippen molar-refractivity contribution in [3.8, 4) is 0 Å². The summed E-state index contributed by atoms with van der Waals surface area (Å²) in [6, 6.07) is 2.11. The lowest BCUT2D eigenvalue weighted by Crippen LogP contribution is -2.24. The Labute approximate surface area is 108 Å². The van der Waals surface area contributed by atoms with Crippen LogP contribution in [-0.4, -0.2) is 9.55 Å². The Bertz CT molecular complexity index is 663. The van der Waals surface area contributed by atoms with Crippen molar-refractivity contribution < 1.29 is 0 Å². The average Bonchev–Trinajstić information content (AvgIpc) is 2.94. The molecule has 3 nitrogen and oxygen atoms in total. The maximum atomic E-state index is 12.3. The van der Waals surface area contributed by atoms with Gasteiger partial charge in [0, 0.05) is 6.04 Å². The van der Waals surface area contributed by atoms with E-state index in [0.717, 1.165) is 22.6 Å². The molecule has 0 aromatic carbocycles. The number of fused-ring (bicyclic) bond motifs is 1.